The normalized spacial score (nSPS) is 20.5. The van der Waals surface area contributed by atoms with E-state index in [1.807, 2.05) is 78.9 Å². The van der Waals surface area contributed by atoms with Gasteiger partial charge in [0.15, 0.2) is 6.29 Å². The maximum atomic E-state index is 12.6. The Bertz CT molecular complexity index is 1570. The minimum atomic E-state index is -0.591. The second-order valence-corrected chi connectivity index (χ2v) is 11.4. The van der Waals surface area contributed by atoms with Crippen LogP contribution in [0.3, 0.4) is 0 Å². The van der Waals surface area contributed by atoms with Gasteiger partial charge >= 0.3 is 0 Å². The predicted octanol–water partition coefficient (Wildman–Crippen LogP) is 5.71. The van der Waals surface area contributed by atoms with Crippen LogP contribution >= 0.6 is 0 Å². The van der Waals surface area contributed by atoms with Crippen LogP contribution in [0, 0.1) is 10.1 Å². The molecule has 0 spiro atoms. The van der Waals surface area contributed by atoms with E-state index in [9.17, 15) is 20.0 Å². The number of carbonyl (C=O) groups excluding carboxylic acids is 1. The molecule has 0 aromatic heterocycles. The van der Waals surface area contributed by atoms with Crippen molar-refractivity contribution in [3.05, 3.63) is 135 Å². The van der Waals surface area contributed by atoms with E-state index in [-0.39, 0.29) is 35.3 Å². The second-order valence-electron chi connectivity index (χ2n) is 11.4. The van der Waals surface area contributed by atoms with Crippen LogP contribution in [0.5, 0.6) is 0 Å². The first-order valence-corrected chi connectivity index (χ1v) is 15.1. The van der Waals surface area contributed by atoms with Crippen molar-refractivity contribution in [2.24, 2.45) is 0 Å². The highest BCUT2D eigenvalue weighted by Gasteiger charge is 2.34. The zero-order valence-corrected chi connectivity index (χ0v) is 24.8. The number of piperazine rings is 1. The summed E-state index contributed by atoms with van der Waals surface area (Å²) in [5.41, 5.74) is 5.08. The number of aliphatic hydroxyl groups is 1. The van der Waals surface area contributed by atoms with Crippen LogP contribution in [0.25, 0.3) is 0 Å². The van der Waals surface area contributed by atoms with Crippen molar-refractivity contribution in [2.45, 2.75) is 31.5 Å². The number of aliphatic hydroxyl groups excluding tert-OH is 1. The molecule has 2 N–H and O–H groups in total. The minimum absolute atomic E-state index is 0.0147. The third-order valence-corrected chi connectivity index (χ3v) is 8.35. The summed E-state index contributed by atoms with van der Waals surface area (Å²) in [6.07, 6.45) is -0.190. The summed E-state index contributed by atoms with van der Waals surface area (Å²) in [5, 5.41) is 23.5. The first-order chi connectivity index (χ1) is 21.9. The lowest BCUT2D eigenvalue weighted by Crippen LogP contribution is -2.49. The zero-order valence-electron chi connectivity index (χ0n) is 24.8. The van der Waals surface area contributed by atoms with Gasteiger partial charge in [0.25, 0.3) is 11.6 Å². The third-order valence-electron chi connectivity index (χ3n) is 8.35. The molecule has 0 radical (unpaired) electrons. The number of hydrogen-bond acceptors (Lipinski definition) is 8. The number of nitrogens with zero attached hydrogens (tertiary/aromatic N) is 3. The van der Waals surface area contributed by atoms with Crippen molar-refractivity contribution in [1.82, 2.24) is 4.90 Å². The molecule has 4 aromatic rings. The van der Waals surface area contributed by atoms with Crippen molar-refractivity contribution < 1.29 is 24.3 Å². The first-order valence-electron chi connectivity index (χ1n) is 15.1. The van der Waals surface area contributed by atoms with Crippen LogP contribution in [0.15, 0.2) is 103 Å². The van der Waals surface area contributed by atoms with Gasteiger partial charge in [-0.25, -0.2) is 0 Å². The summed E-state index contributed by atoms with van der Waals surface area (Å²) in [6.45, 7) is 4.03. The van der Waals surface area contributed by atoms with Crippen molar-refractivity contribution in [1.29, 1.82) is 0 Å². The molecule has 2 saturated heterocycles. The highest BCUT2D eigenvalue weighted by Crippen LogP contribution is 2.38. The van der Waals surface area contributed by atoms with E-state index in [2.05, 4.69) is 15.1 Å². The average Bonchev–Trinajstić information content (AvgIpc) is 3.09. The van der Waals surface area contributed by atoms with Crippen LogP contribution in [0.2, 0.25) is 0 Å². The number of anilines is 2. The number of amides is 1. The Balaban J connectivity index is 1.12. The topological polar surface area (TPSA) is 117 Å². The molecule has 1 amide bonds. The monoisotopic (exact) mass is 608 g/mol. The van der Waals surface area contributed by atoms with Crippen LogP contribution < -0.4 is 10.2 Å². The summed E-state index contributed by atoms with van der Waals surface area (Å²) in [7, 11) is 0. The zero-order chi connectivity index (χ0) is 31.2. The van der Waals surface area contributed by atoms with Gasteiger partial charge in [-0.05, 0) is 47.5 Å². The molecule has 3 atom stereocenters. The predicted molar refractivity (Wildman–Crippen MR) is 171 cm³/mol. The molecular formula is C35H36N4O6. The molecule has 10 nitrogen and oxygen atoms in total. The van der Waals surface area contributed by atoms with Gasteiger partial charge in [-0.15, -0.1) is 0 Å². The molecule has 0 saturated carbocycles. The number of carbonyl (C=O) groups is 1. The minimum Gasteiger partial charge on any atom is -0.392 e. The number of non-ortho nitro benzene ring substituents is 1. The maximum Gasteiger partial charge on any atom is 0.269 e. The van der Waals surface area contributed by atoms with Gasteiger partial charge in [0.05, 0.1) is 23.7 Å². The van der Waals surface area contributed by atoms with E-state index in [4.69, 9.17) is 9.47 Å². The standard InChI is InChI=1S/C35H36N4O6/c40-24-25-6-8-26(9-7-25)33-22-32(23-37-18-20-38(21-19-37)30-14-16-31(17-15-30)39(42)43)44-35(45-33)28-10-12-29(13-11-28)36-34(41)27-4-2-1-3-5-27/h1-17,32-33,35,40H,18-24H2,(H,36,41). The Morgan fingerprint density at radius 3 is 2.16 bits per heavy atom. The fraction of sp³-hybridized carbons (Fsp3) is 0.286. The number of nitrogens with one attached hydrogen (secondary N) is 1. The Labute approximate surface area is 262 Å². The summed E-state index contributed by atoms with van der Waals surface area (Å²) >= 11 is 0. The number of rotatable bonds is 9. The Morgan fingerprint density at radius 1 is 0.844 bits per heavy atom. The van der Waals surface area contributed by atoms with Crippen LogP contribution in [-0.2, 0) is 16.1 Å². The fourth-order valence-corrected chi connectivity index (χ4v) is 5.81. The average molecular weight is 609 g/mol. The lowest BCUT2D eigenvalue weighted by atomic mass is 9.99. The van der Waals surface area contributed by atoms with Gasteiger partial charge in [0.1, 0.15) is 0 Å². The highest BCUT2D eigenvalue weighted by atomic mass is 16.7. The number of hydrogen-bond donors (Lipinski definition) is 2. The van der Waals surface area contributed by atoms with Crippen LogP contribution in [-0.4, -0.2) is 59.7 Å². The molecule has 2 aliphatic heterocycles. The lowest BCUT2D eigenvalue weighted by molar-refractivity contribution is -0.384. The Morgan fingerprint density at radius 2 is 1.51 bits per heavy atom. The number of nitro benzene ring substituents is 1. The molecule has 4 aromatic carbocycles. The highest BCUT2D eigenvalue weighted by molar-refractivity contribution is 6.04. The molecule has 2 aliphatic rings. The molecule has 3 unspecified atom stereocenters. The second kappa shape index (κ2) is 14.0. The summed E-state index contributed by atoms with van der Waals surface area (Å²) < 4.78 is 13.0. The van der Waals surface area contributed by atoms with E-state index in [1.54, 1.807) is 24.3 Å². The van der Waals surface area contributed by atoms with Gasteiger partial charge in [-0.1, -0.05) is 54.6 Å². The van der Waals surface area contributed by atoms with Gasteiger partial charge in [0, 0.05) is 73.8 Å². The molecule has 10 heteroatoms. The molecule has 2 heterocycles. The fourth-order valence-electron chi connectivity index (χ4n) is 5.81. The Kier molecular flexibility index (Phi) is 9.46. The number of ether oxygens (including phenoxy) is 2. The molecule has 232 valence electrons. The molecule has 0 aliphatic carbocycles. The van der Waals surface area contributed by atoms with Crippen molar-refractivity contribution >= 4 is 23.0 Å². The molecule has 45 heavy (non-hydrogen) atoms. The van der Waals surface area contributed by atoms with Gasteiger partial charge in [-0.3, -0.25) is 19.8 Å². The van der Waals surface area contributed by atoms with E-state index < -0.39 is 6.29 Å². The molecular weight excluding hydrogens is 572 g/mol. The summed E-state index contributed by atoms with van der Waals surface area (Å²) in [4.78, 5) is 27.9. The third kappa shape index (κ3) is 7.55. The number of benzene rings is 4. The van der Waals surface area contributed by atoms with Crippen molar-refractivity contribution in [3.63, 3.8) is 0 Å². The van der Waals surface area contributed by atoms with Crippen LogP contribution in [0.1, 0.15) is 45.9 Å². The van der Waals surface area contributed by atoms with E-state index in [0.717, 1.165) is 55.1 Å². The quantitative estimate of drug-likeness (QED) is 0.183. The molecule has 0 bridgehead atoms. The largest absolute Gasteiger partial charge is 0.392 e. The van der Waals surface area contributed by atoms with Crippen molar-refractivity contribution in [3.8, 4) is 0 Å². The van der Waals surface area contributed by atoms with E-state index >= 15 is 0 Å². The first kappa shape index (κ1) is 30.4. The van der Waals surface area contributed by atoms with E-state index in [1.165, 1.54) is 0 Å². The smallest absolute Gasteiger partial charge is 0.269 e. The lowest BCUT2D eigenvalue weighted by Gasteiger charge is -2.41. The maximum absolute atomic E-state index is 12.6. The van der Waals surface area contributed by atoms with Crippen molar-refractivity contribution in [2.75, 3.05) is 42.9 Å². The van der Waals surface area contributed by atoms with Crippen LogP contribution in [0.4, 0.5) is 17.1 Å². The van der Waals surface area contributed by atoms with Gasteiger partial charge in [-0.2, -0.15) is 0 Å². The van der Waals surface area contributed by atoms with Gasteiger partial charge in [0.2, 0.25) is 0 Å². The molecule has 2 fully saturated rings. The number of nitro groups is 1. The summed E-state index contributed by atoms with van der Waals surface area (Å²) in [6, 6.07) is 31.2. The van der Waals surface area contributed by atoms with E-state index in [0.29, 0.717) is 17.7 Å². The SMILES string of the molecule is O=C(Nc1ccc(C2OC(CN3CCN(c4ccc([N+](=O)[O-])cc4)CC3)CC(c3ccc(CO)cc3)O2)cc1)c1ccccc1. The van der Waals surface area contributed by atoms with Gasteiger partial charge < -0.3 is 24.8 Å². The molecule has 6 rings (SSSR count). The summed E-state index contributed by atoms with van der Waals surface area (Å²) in [5.74, 6) is -0.173. The Hall–Kier alpha value is -4.61.